The second-order valence-corrected chi connectivity index (χ2v) is 5.49. The minimum Gasteiger partial charge on any atom is -0.393 e. The summed E-state index contributed by atoms with van der Waals surface area (Å²) < 4.78 is 5.26. The summed E-state index contributed by atoms with van der Waals surface area (Å²) in [5.74, 6) is 2.51. The van der Waals surface area contributed by atoms with Gasteiger partial charge in [-0.1, -0.05) is 31.8 Å². The topological polar surface area (TPSA) is 59.2 Å². The molecule has 0 aromatic carbocycles. The van der Waals surface area contributed by atoms with Crippen molar-refractivity contribution in [3.63, 3.8) is 0 Å². The van der Waals surface area contributed by atoms with Crippen molar-refractivity contribution in [3.8, 4) is 0 Å². The minimum atomic E-state index is -0.450. The molecule has 0 radical (unpaired) electrons. The van der Waals surface area contributed by atoms with E-state index in [0.717, 1.165) is 24.6 Å². The zero-order valence-corrected chi connectivity index (χ0v) is 10.9. The Hall–Kier alpha value is -0.900. The third-order valence-corrected chi connectivity index (χ3v) is 3.87. The fourth-order valence-corrected chi connectivity index (χ4v) is 2.47. The third-order valence-electron chi connectivity index (χ3n) is 3.87. The monoisotopic (exact) mass is 238 g/mol. The fourth-order valence-electron chi connectivity index (χ4n) is 2.47. The summed E-state index contributed by atoms with van der Waals surface area (Å²) in [6.07, 6.45) is 4.43. The SMILES string of the molecule is CC1CCCC(c2noc(C(C)C(C)O)n2)C1. The van der Waals surface area contributed by atoms with Crippen LogP contribution >= 0.6 is 0 Å². The number of hydrogen-bond donors (Lipinski definition) is 1. The van der Waals surface area contributed by atoms with E-state index < -0.39 is 6.10 Å². The maximum atomic E-state index is 9.51. The highest BCUT2D eigenvalue weighted by molar-refractivity contribution is 5.01. The van der Waals surface area contributed by atoms with Gasteiger partial charge in [0, 0.05) is 5.92 Å². The molecule has 0 spiro atoms. The highest BCUT2D eigenvalue weighted by atomic mass is 16.5. The molecule has 4 heteroatoms. The Kier molecular flexibility index (Phi) is 3.82. The Morgan fingerprint density at radius 3 is 2.76 bits per heavy atom. The van der Waals surface area contributed by atoms with Gasteiger partial charge in [0.1, 0.15) is 0 Å². The van der Waals surface area contributed by atoms with E-state index in [4.69, 9.17) is 4.52 Å². The molecule has 1 aliphatic rings. The molecule has 1 saturated carbocycles. The average Bonchev–Trinajstić information content (AvgIpc) is 2.77. The van der Waals surface area contributed by atoms with E-state index in [0.29, 0.717) is 11.8 Å². The van der Waals surface area contributed by atoms with E-state index in [2.05, 4.69) is 17.1 Å². The van der Waals surface area contributed by atoms with Crippen molar-refractivity contribution in [2.24, 2.45) is 5.92 Å². The van der Waals surface area contributed by atoms with Gasteiger partial charge in [0.25, 0.3) is 0 Å². The van der Waals surface area contributed by atoms with Crippen LogP contribution < -0.4 is 0 Å². The largest absolute Gasteiger partial charge is 0.393 e. The molecule has 0 aliphatic heterocycles. The minimum absolute atomic E-state index is 0.0859. The van der Waals surface area contributed by atoms with Crippen molar-refractivity contribution < 1.29 is 9.63 Å². The molecule has 1 heterocycles. The summed E-state index contributed by atoms with van der Waals surface area (Å²) in [7, 11) is 0. The molecular formula is C13H22N2O2. The Labute approximate surface area is 102 Å². The Morgan fingerprint density at radius 1 is 1.35 bits per heavy atom. The average molecular weight is 238 g/mol. The molecular weight excluding hydrogens is 216 g/mol. The van der Waals surface area contributed by atoms with Crippen LogP contribution in [0, 0.1) is 5.92 Å². The van der Waals surface area contributed by atoms with Gasteiger partial charge in [0.15, 0.2) is 5.82 Å². The zero-order valence-electron chi connectivity index (χ0n) is 10.9. The molecule has 17 heavy (non-hydrogen) atoms. The lowest BCUT2D eigenvalue weighted by atomic mass is 9.82. The molecule has 96 valence electrons. The first kappa shape index (κ1) is 12.6. The second kappa shape index (κ2) is 5.17. The Balaban J connectivity index is 2.07. The van der Waals surface area contributed by atoms with E-state index >= 15 is 0 Å². The van der Waals surface area contributed by atoms with E-state index in [-0.39, 0.29) is 5.92 Å². The van der Waals surface area contributed by atoms with Crippen molar-refractivity contribution in [2.45, 2.75) is 64.4 Å². The van der Waals surface area contributed by atoms with Crippen molar-refractivity contribution in [3.05, 3.63) is 11.7 Å². The lowest BCUT2D eigenvalue weighted by molar-refractivity contribution is 0.151. The van der Waals surface area contributed by atoms with E-state index in [1.807, 2.05) is 6.92 Å². The van der Waals surface area contributed by atoms with Gasteiger partial charge in [0.05, 0.1) is 12.0 Å². The normalized spacial score (nSPS) is 28.9. The van der Waals surface area contributed by atoms with Gasteiger partial charge in [-0.3, -0.25) is 0 Å². The van der Waals surface area contributed by atoms with Crippen LogP contribution in [-0.4, -0.2) is 21.4 Å². The summed E-state index contributed by atoms with van der Waals surface area (Å²) in [4.78, 5) is 4.45. The van der Waals surface area contributed by atoms with Gasteiger partial charge in [0.2, 0.25) is 5.89 Å². The Bertz CT molecular complexity index is 362. The van der Waals surface area contributed by atoms with Crippen LogP contribution in [0.1, 0.15) is 70.0 Å². The van der Waals surface area contributed by atoms with Gasteiger partial charge in [-0.25, -0.2) is 0 Å². The van der Waals surface area contributed by atoms with Gasteiger partial charge in [-0.2, -0.15) is 4.98 Å². The van der Waals surface area contributed by atoms with Crippen molar-refractivity contribution in [1.29, 1.82) is 0 Å². The summed E-state index contributed by atoms with van der Waals surface area (Å²) in [6, 6.07) is 0. The Morgan fingerprint density at radius 2 is 2.12 bits per heavy atom. The number of nitrogens with zero attached hydrogens (tertiary/aromatic N) is 2. The van der Waals surface area contributed by atoms with Crippen LogP contribution in [0.5, 0.6) is 0 Å². The van der Waals surface area contributed by atoms with Crippen LogP contribution in [-0.2, 0) is 0 Å². The van der Waals surface area contributed by atoms with Gasteiger partial charge < -0.3 is 9.63 Å². The molecule has 0 saturated heterocycles. The van der Waals surface area contributed by atoms with Crippen LogP contribution in [0.2, 0.25) is 0 Å². The molecule has 1 aromatic rings. The molecule has 4 atom stereocenters. The first-order valence-electron chi connectivity index (χ1n) is 6.59. The van der Waals surface area contributed by atoms with Crippen molar-refractivity contribution in [2.75, 3.05) is 0 Å². The maximum Gasteiger partial charge on any atom is 0.232 e. The lowest BCUT2D eigenvalue weighted by Gasteiger charge is -2.23. The summed E-state index contributed by atoms with van der Waals surface area (Å²) in [5.41, 5.74) is 0. The predicted molar refractivity (Wildman–Crippen MR) is 64.8 cm³/mol. The predicted octanol–water partition coefficient (Wildman–Crippen LogP) is 2.85. The second-order valence-electron chi connectivity index (χ2n) is 5.49. The van der Waals surface area contributed by atoms with Crippen LogP contribution in [0.15, 0.2) is 4.52 Å². The zero-order chi connectivity index (χ0) is 12.4. The van der Waals surface area contributed by atoms with Crippen molar-refractivity contribution in [1.82, 2.24) is 10.1 Å². The van der Waals surface area contributed by atoms with Crippen LogP contribution in [0.25, 0.3) is 0 Å². The molecule has 1 N–H and O–H groups in total. The molecule has 1 aliphatic carbocycles. The highest BCUT2D eigenvalue weighted by Gasteiger charge is 2.26. The van der Waals surface area contributed by atoms with Crippen LogP contribution in [0.4, 0.5) is 0 Å². The van der Waals surface area contributed by atoms with E-state index in [1.165, 1.54) is 12.8 Å². The molecule has 2 rings (SSSR count). The summed E-state index contributed by atoms with van der Waals surface area (Å²) in [6.45, 7) is 5.94. The quantitative estimate of drug-likeness (QED) is 0.879. The van der Waals surface area contributed by atoms with Crippen molar-refractivity contribution >= 4 is 0 Å². The van der Waals surface area contributed by atoms with Gasteiger partial charge in [-0.15, -0.1) is 0 Å². The van der Waals surface area contributed by atoms with E-state index in [9.17, 15) is 5.11 Å². The third kappa shape index (κ3) is 2.86. The molecule has 4 unspecified atom stereocenters. The fraction of sp³-hybridized carbons (Fsp3) is 0.846. The molecule has 0 amide bonds. The van der Waals surface area contributed by atoms with Crippen LogP contribution in [0.3, 0.4) is 0 Å². The standard InChI is InChI=1S/C13H22N2O2/c1-8-5-4-6-11(7-8)12-14-13(17-15-12)9(2)10(3)16/h8-11,16H,4-7H2,1-3H3. The number of aromatic nitrogens is 2. The van der Waals surface area contributed by atoms with Gasteiger partial charge >= 0.3 is 0 Å². The molecule has 1 aromatic heterocycles. The summed E-state index contributed by atoms with van der Waals surface area (Å²) in [5, 5.41) is 13.6. The first-order valence-corrected chi connectivity index (χ1v) is 6.59. The molecule has 1 fully saturated rings. The maximum absolute atomic E-state index is 9.51. The number of aliphatic hydroxyl groups excluding tert-OH is 1. The molecule has 0 bridgehead atoms. The smallest absolute Gasteiger partial charge is 0.232 e. The number of aliphatic hydroxyl groups is 1. The highest BCUT2D eigenvalue weighted by Crippen LogP contribution is 2.35. The number of hydrogen-bond acceptors (Lipinski definition) is 4. The summed E-state index contributed by atoms with van der Waals surface area (Å²) >= 11 is 0. The van der Waals surface area contributed by atoms with E-state index in [1.54, 1.807) is 6.92 Å². The van der Waals surface area contributed by atoms with Gasteiger partial charge in [-0.05, 0) is 25.7 Å². The number of rotatable bonds is 3. The lowest BCUT2D eigenvalue weighted by Crippen LogP contribution is -2.14. The molecule has 4 nitrogen and oxygen atoms in total. The first-order chi connectivity index (χ1) is 8.08.